The summed E-state index contributed by atoms with van der Waals surface area (Å²) < 4.78 is 11.1. The second kappa shape index (κ2) is 6.46. The van der Waals surface area contributed by atoms with E-state index in [1.807, 2.05) is 37.3 Å². The van der Waals surface area contributed by atoms with Gasteiger partial charge in [0.25, 0.3) is 0 Å². The number of nitriles is 1. The minimum atomic E-state index is 0.447. The van der Waals surface area contributed by atoms with E-state index in [2.05, 4.69) is 6.07 Å². The van der Waals surface area contributed by atoms with Gasteiger partial charge in [-0.25, -0.2) is 0 Å². The van der Waals surface area contributed by atoms with Gasteiger partial charge < -0.3 is 9.47 Å². The first-order chi connectivity index (χ1) is 9.28. The Morgan fingerprint density at radius 1 is 0.947 bits per heavy atom. The van der Waals surface area contributed by atoms with Crippen LogP contribution in [-0.4, -0.2) is 13.2 Å². The van der Waals surface area contributed by atoms with Gasteiger partial charge in [-0.15, -0.1) is 0 Å². The zero-order chi connectivity index (χ0) is 13.5. The standard InChI is InChI=1S/C16H15NO2/c1-13-5-7-15(8-6-13)18-9-10-19-16-4-2-3-14(11-16)12-17/h2-8,11H,9-10H2,1H3. The van der Waals surface area contributed by atoms with E-state index in [0.29, 0.717) is 24.5 Å². The first-order valence-corrected chi connectivity index (χ1v) is 6.10. The lowest BCUT2D eigenvalue weighted by Gasteiger charge is -2.08. The number of rotatable bonds is 5. The highest BCUT2D eigenvalue weighted by atomic mass is 16.5. The third kappa shape index (κ3) is 4.04. The van der Waals surface area contributed by atoms with Crippen LogP contribution in [0.1, 0.15) is 11.1 Å². The summed E-state index contributed by atoms with van der Waals surface area (Å²) in [6.07, 6.45) is 0. The van der Waals surface area contributed by atoms with E-state index in [0.717, 1.165) is 5.75 Å². The van der Waals surface area contributed by atoms with E-state index in [-0.39, 0.29) is 0 Å². The molecule has 0 heterocycles. The lowest BCUT2D eigenvalue weighted by Crippen LogP contribution is -2.08. The fourth-order valence-corrected chi connectivity index (χ4v) is 1.61. The van der Waals surface area contributed by atoms with Crippen LogP contribution in [0.4, 0.5) is 0 Å². The molecule has 0 radical (unpaired) electrons. The molecule has 96 valence electrons. The summed E-state index contributed by atoms with van der Waals surface area (Å²) >= 11 is 0. The van der Waals surface area contributed by atoms with E-state index in [9.17, 15) is 0 Å². The number of nitrogens with zero attached hydrogens (tertiary/aromatic N) is 1. The third-order valence-corrected chi connectivity index (χ3v) is 2.60. The van der Waals surface area contributed by atoms with Gasteiger partial charge in [0.1, 0.15) is 24.7 Å². The number of ether oxygens (including phenoxy) is 2. The van der Waals surface area contributed by atoms with E-state index in [1.54, 1.807) is 18.2 Å². The Balaban J connectivity index is 1.77. The largest absolute Gasteiger partial charge is 0.490 e. The molecule has 0 aromatic heterocycles. The summed E-state index contributed by atoms with van der Waals surface area (Å²) in [4.78, 5) is 0. The highest BCUT2D eigenvalue weighted by Gasteiger charge is 1.97. The molecule has 0 unspecified atom stereocenters. The first kappa shape index (κ1) is 13.0. The summed E-state index contributed by atoms with van der Waals surface area (Å²) in [5.74, 6) is 1.52. The monoisotopic (exact) mass is 253 g/mol. The van der Waals surface area contributed by atoms with Gasteiger partial charge in [-0.05, 0) is 37.3 Å². The molecule has 3 nitrogen and oxygen atoms in total. The molecule has 0 aliphatic carbocycles. The lowest BCUT2D eigenvalue weighted by atomic mass is 10.2. The Morgan fingerprint density at radius 3 is 2.32 bits per heavy atom. The first-order valence-electron chi connectivity index (χ1n) is 6.10. The van der Waals surface area contributed by atoms with Gasteiger partial charge in [-0.2, -0.15) is 5.26 Å². The third-order valence-electron chi connectivity index (χ3n) is 2.60. The molecule has 2 aromatic rings. The van der Waals surface area contributed by atoms with Gasteiger partial charge in [0.05, 0.1) is 11.6 Å². The van der Waals surface area contributed by atoms with Crippen LogP contribution < -0.4 is 9.47 Å². The predicted molar refractivity (Wildman–Crippen MR) is 73.3 cm³/mol. The Kier molecular flexibility index (Phi) is 4.41. The average molecular weight is 253 g/mol. The van der Waals surface area contributed by atoms with Crippen molar-refractivity contribution in [1.82, 2.24) is 0 Å². The minimum Gasteiger partial charge on any atom is -0.490 e. The van der Waals surface area contributed by atoms with Crippen LogP contribution in [0.3, 0.4) is 0 Å². The van der Waals surface area contributed by atoms with Crippen LogP contribution in [0.5, 0.6) is 11.5 Å². The van der Waals surface area contributed by atoms with Crippen LogP contribution in [0.25, 0.3) is 0 Å². The molecule has 0 aliphatic rings. The summed E-state index contributed by atoms with van der Waals surface area (Å²) in [6.45, 7) is 2.96. The van der Waals surface area contributed by atoms with E-state index in [4.69, 9.17) is 14.7 Å². The molecule has 0 aliphatic heterocycles. The molecule has 0 fully saturated rings. The van der Waals surface area contributed by atoms with Crippen LogP contribution in [0, 0.1) is 18.3 Å². The molecule has 0 amide bonds. The molecule has 3 heteroatoms. The predicted octanol–water partition coefficient (Wildman–Crippen LogP) is 3.32. The van der Waals surface area contributed by atoms with Crippen molar-refractivity contribution in [1.29, 1.82) is 5.26 Å². The molecule has 2 rings (SSSR count). The van der Waals surface area contributed by atoms with Crippen LogP contribution in [0.15, 0.2) is 48.5 Å². The highest BCUT2D eigenvalue weighted by molar-refractivity contribution is 5.36. The van der Waals surface area contributed by atoms with Crippen molar-refractivity contribution in [2.24, 2.45) is 0 Å². The van der Waals surface area contributed by atoms with Gasteiger partial charge in [-0.3, -0.25) is 0 Å². The molecule has 0 atom stereocenters. The zero-order valence-electron chi connectivity index (χ0n) is 10.8. The van der Waals surface area contributed by atoms with Crippen LogP contribution in [-0.2, 0) is 0 Å². The maximum absolute atomic E-state index is 8.77. The number of benzene rings is 2. The normalized spacial score (nSPS) is 9.68. The topological polar surface area (TPSA) is 42.2 Å². The molecule has 0 saturated carbocycles. The van der Waals surface area contributed by atoms with Crippen molar-refractivity contribution in [3.63, 3.8) is 0 Å². The number of aryl methyl sites for hydroxylation is 1. The SMILES string of the molecule is Cc1ccc(OCCOc2cccc(C#N)c2)cc1. The smallest absolute Gasteiger partial charge is 0.122 e. The molecule has 0 N–H and O–H groups in total. The highest BCUT2D eigenvalue weighted by Crippen LogP contribution is 2.13. The molecule has 0 saturated heterocycles. The number of hydrogen-bond acceptors (Lipinski definition) is 3. The second-order valence-electron chi connectivity index (χ2n) is 4.15. The summed E-state index contributed by atoms with van der Waals surface area (Å²) in [5, 5.41) is 8.77. The second-order valence-corrected chi connectivity index (χ2v) is 4.15. The van der Waals surface area contributed by atoms with Gasteiger partial charge in [0, 0.05) is 0 Å². The van der Waals surface area contributed by atoms with Crippen molar-refractivity contribution in [3.8, 4) is 17.6 Å². The van der Waals surface area contributed by atoms with E-state index < -0.39 is 0 Å². The Bertz CT molecular complexity index is 570. The van der Waals surface area contributed by atoms with Gasteiger partial charge in [-0.1, -0.05) is 23.8 Å². The maximum Gasteiger partial charge on any atom is 0.122 e. The average Bonchev–Trinajstić information content (AvgIpc) is 2.46. The van der Waals surface area contributed by atoms with Crippen molar-refractivity contribution < 1.29 is 9.47 Å². The minimum absolute atomic E-state index is 0.447. The van der Waals surface area contributed by atoms with Crippen molar-refractivity contribution >= 4 is 0 Å². The summed E-state index contributed by atoms with van der Waals surface area (Å²) in [5.41, 5.74) is 1.80. The Morgan fingerprint density at radius 2 is 1.63 bits per heavy atom. The number of hydrogen-bond donors (Lipinski definition) is 0. The van der Waals surface area contributed by atoms with Crippen molar-refractivity contribution in [2.45, 2.75) is 6.92 Å². The molecular formula is C16H15NO2. The van der Waals surface area contributed by atoms with Crippen molar-refractivity contribution in [3.05, 3.63) is 59.7 Å². The quantitative estimate of drug-likeness (QED) is 0.767. The van der Waals surface area contributed by atoms with Crippen LogP contribution in [0.2, 0.25) is 0 Å². The fourth-order valence-electron chi connectivity index (χ4n) is 1.61. The summed E-state index contributed by atoms with van der Waals surface area (Å²) in [7, 11) is 0. The van der Waals surface area contributed by atoms with Gasteiger partial charge in [0.15, 0.2) is 0 Å². The maximum atomic E-state index is 8.77. The Labute approximate surface area is 113 Å². The summed E-state index contributed by atoms with van der Waals surface area (Å²) in [6, 6.07) is 17.0. The van der Waals surface area contributed by atoms with Gasteiger partial charge in [0.2, 0.25) is 0 Å². The fraction of sp³-hybridized carbons (Fsp3) is 0.188. The molecular weight excluding hydrogens is 238 g/mol. The molecule has 0 bridgehead atoms. The van der Waals surface area contributed by atoms with Gasteiger partial charge >= 0.3 is 0 Å². The molecule has 19 heavy (non-hydrogen) atoms. The lowest BCUT2D eigenvalue weighted by molar-refractivity contribution is 0.217. The van der Waals surface area contributed by atoms with Crippen molar-refractivity contribution in [2.75, 3.05) is 13.2 Å². The Hall–Kier alpha value is -2.47. The molecule has 0 spiro atoms. The van der Waals surface area contributed by atoms with E-state index in [1.165, 1.54) is 5.56 Å². The molecule has 2 aromatic carbocycles. The van der Waals surface area contributed by atoms with Crippen LogP contribution >= 0.6 is 0 Å². The van der Waals surface area contributed by atoms with E-state index >= 15 is 0 Å². The zero-order valence-corrected chi connectivity index (χ0v) is 10.8.